The van der Waals surface area contributed by atoms with E-state index in [1.165, 1.54) is 19.3 Å². The molecule has 3 aliphatic rings. The fraction of sp³-hybridized carbons (Fsp3) is 0.625. The second-order valence-electron chi connectivity index (χ2n) is 9.35. The molecule has 2 atom stereocenters. The van der Waals surface area contributed by atoms with Crippen LogP contribution in [0, 0.1) is 0 Å². The molecule has 1 aromatic rings. The summed E-state index contributed by atoms with van der Waals surface area (Å²) >= 11 is 0. The average molecular weight is 427 g/mol. The van der Waals surface area contributed by atoms with Crippen molar-refractivity contribution in [1.29, 1.82) is 0 Å². The average Bonchev–Trinajstić information content (AvgIpc) is 3.06. The summed E-state index contributed by atoms with van der Waals surface area (Å²) in [4.78, 5) is 44.3. The lowest BCUT2D eigenvalue weighted by Crippen LogP contribution is -2.62. The van der Waals surface area contributed by atoms with Gasteiger partial charge >= 0.3 is 0 Å². The van der Waals surface area contributed by atoms with Gasteiger partial charge in [0.25, 0.3) is 5.91 Å². The Labute approximate surface area is 184 Å². The number of carbonyl (C=O) groups excluding carboxylic acids is 3. The van der Waals surface area contributed by atoms with Crippen molar-refractivity contribution in [3.8, 4) is 0 Å². The molecule has 0 spiro atoms. The van der Waals surface area contributed by atoms with Crippen LogP contribution < -0.4 is 10.2 Å². The van der Waals surface area contributed by atoms with Gasteiger partial charge in [-0.25, -0.2) is 0 Å². The van der Waals surface area contributed by atoms with E-state index in [2.05, 4.69) is 17.1 Å². The SMILES string of the molecule is CC(CN1CCCCC1)NC(=O)CCCN1C(=O)c2ccccc2N2C(=O)CCC12C. The van der Waals surface area contributed by atoms with Crippen LogP contribution in [0.2, 0.25) is 0 Å². The van der Waals surface area contributed by atoms with Crippen LogP contribution in [0.25, 0.3) is 0 Å². The van der Waals surface area contributed by atoms with Crippen LogP contribution in [0.1, 0.15) is 69.2 Å². The molecule has 4 rings (SSSR count). The van der Waals surface area contributed by atoms with E-state index in [1.54, 1.807) is 15.9 Å². The highest BCUT2D eigenvalue weighted by Gasteiger charge is 2.52. The summed E-state index contributed by atoms with van der Waals surface area (Å²) in [6, 6.07) is 7.45. The molecule has 2 unspecified atom stereocenters. The van der Waals surface area contributed by atoms with Crippen LogP contribution in [0.15, 0.2) is 24.3 Å². The Hall–Kier alpha value is -2.41. The van der Waals surface area contributed by atoms with E-state index in [1.807, 2.05) is 25.1 Å². The number of benzene rings is 1. The molecule has 7 heteroatoms. The predicted molar refractivity (Wildman–Crippen MR) is 120 cm³/mol. The van der Waals surface area contributed by atoms with E-state index < -0.39 is 5.66 Å². The van der Waals surface area contributed by atoms with Crippen molar-refractivity contribution in [2.24, 2.45) is 0 Å². The number of carbonyl (C=O) groups is 3. The molecule has 1 aromatic carbocycles. The highest BCUT2D eigenvalue weighted by atomic mass is 16.2. The van der Waals surface area contributed by atoms with Gasteiger partial charge in [0.05, 0.1) is 11.3 Å². The summed E-state index contributed by atoms with van der Waals surface area (Å²) in [7, 11) is 0. The van der Waals surface area contributed by atoms with Gasteiger partial charge in [-0.3, -0.25) is 19.3 Å². The molecule has 31 heavy (non-hydrogen) atoms. The number of amides is 3. The topological polar surface area (TPSA) is 73.0 Å². The number of nitrogens with one attached hydrogen (secondary N) is 1. The van der Waals surface area contributed by atoms with Gasteiger partial charge in [-0.15, -0.1) is 0 Å². The predicted octanol–water partition coefficient (Wildman–Crippen LogP) is 2.76. The number of hydrogen-bond acceptors (Lipinski definition) is 4. The number of anilines is 1. The summed E-state index contributed by atoms with van der Waals surface area (Å²) in [5.74, 6) is 0.0264. The molecular formula is C24H34N4O3. The van der Waals surface area contributed by atoms with Crippen LogP contribution >= 0.6 is 0 Å². The normalized spacial score (nSPS) is 24.7. The second-order valence-corrected chi connectivity index (χ2v) is 9.35. The first-order valence-electron chi connectivity index (χ1n) is 11.7. The maximum absolute atomic E-state index is 13.2. The Morgan fingerprint density at radius 2 is 1.90 bits per heavy atom. The van der Waals surface area contributed by atoms with Gasteiger partial charge < -0.3 is 15.1 Å². The first kappa shape index (κ1) is 21.8. The molecular weight excluding hydrogens is 392 g/mol. The Morgan fingerprint density at radius 1 is 1.16 bits per heavy atom. The van der Waals surface area contributed by atoms with E-state index in [-0.39, 0.29) is 23.8 Å². The zero-order valence-corrected chi connectivity index (χ0v) is 18.7. The first-order valence-corrected chi connectivity index (χ1v) is 11.7. The van der Waals surface area contributed by atoms with E-state index in [4.69, 9.17) is 0 Å². The lowest BCUT2D eigenvalue weighted by Gasteiger charge is -2.48. The zero-order chi connectivity index (χ0) is 22.0. The fourth-order valence-corrected chi connectivity index (χ4v) is 5.36. The Morgan fingerprint density at radius 3 is 2.68 bits per heavy atom. The summed E-state index contributed by atoms with van der Waals surface area (Å²) < 4.78 is 0. The monoisotopic (exact) mass is 426 g/mol. The highest BCUT2D eigenvalue weighted by molar-refractivity contribution is 6.10. The number of rotatable bonds is 7. The molecule has 1 N–H and O–H groups in total. The maximum Gasteiger partial charge on any atom is 0.257 e. The van der Waals surface area contributed by atoms with Crippen LogP contribution in [0.3, 0.4) is 0 Å². The molecule has 7 nitrogen and oxygen atoms in total. The molecule has 0 saturated carbocycles. The number of piperidine rings is 1. The lowest BCUT2D eigenvalue weighted by molar-refractivity contribution is -0.122. The van der Waals surface area contributed by atoms with Crippen molar-refractivity contribution in [2.75, 3.05) is 31.1 Å². The van der Waals surface area contributed by atoms with Crippen LogP contribution in [-0.4, -0.2) is 65.4 Å². The number of nitrogens with zero attached hydrogens (tertiary/aromatic N) is 3. The van der Waals surface area contributed by atoms with Crippen molar-refractivity contribution in [3.63, 3.8) is 0 Å². The minimum absolute atomic E-state index is 0.0267. The highest BCUT2D eigenvalue weighted by Crippen LogP contribution is 2.43. The van der Waals surface area contributed by atoms with Crippen LogP contribution in [0.5, 0.6) is 0 Å². The van der Waals surface area contributed by atoms with Crippen molar-refractivity contribution in [3.05, 3.63) is 29.8 Å². The van der Waals surface area contributed by atoms with Crippen LogP contribution in [-0.2, 0) is 9.59 Å². The molecule has 3 amide bonds. The molecule has 0 bridgehead atoms. The first-order chi connectivity index (χ1) is 14.9. The van der Waals surface area contributed by atoms with Crippen LogP contribution in [0.4, 0.5) is 5.69 Å². The molecule has 2 saturated heterocycles. The third-order valence-corrected chi connectivity index (χ3v) is 6.92. The van der Waals surface area contributed by atoms with E-state index in [0.29, 0.717) is 43.5 Å². The summed E-state index contributed by atoms with van der Waals surface area (Å²) in [6.45, 7) is 7.61. The molecule has 3 heterocycles. The maximum atomic E-state index is 13.2. The van der Waals surface area contributed by atoms with E-state index in [9.17, 15) is 14.4 Å². The Balaban J connectivity index is 1.34. The lowest BCUT2D eigenvalue weighted by atomic mass is 9.98. The largest absolute Gasteiger partial charge is 0.352 e. The number of para-hydroxylation sites is 1. The summed E-state index contributed by atoms with van der Waals surface area (Å²) in [6.07, 6.45) is 5.79. The molecule has 168 valence electrons. The van der Waals surface area contributed by atoms with Crippen molar-refractivity contribution in [2.45, 2.75) is 70.5 Å². The molecule has 0 aromatic heterocycles. The zero-order valence-electron chi connectivity index (χ0n) is 18.7. The molecule has 0 radical (unpaired) electrons. The minimum Gasteiger partial charge on any atom is -0.352 e. The van der Waals surface area contributed by atoms with Gasteiger partial charge in [0.15, 0.2) is 0 Å². The van der Waals surface area contributed by atoms with Crippen molar-refractivity contribution < 1.29 is 14.4 Å². The fourth-order valence-electron chi connectivity index (χ4n) is 5.36. The number of fused-ring (bicyclic) bond motifs is 3. The van der Waals surface area contributed by atoms with Gasteiger partial charge in [0, 0.05) is 32.0 Å². The number of likely N-dealkylation sites (tertiary alicyclic amines) is 1. The van der Waals surface area contributed by atoms with Gasteiger partial charge in [-0.05, 0) is 64.8 Å². The smallest absolute Gasteiger partial charge is 0.257 e. The van der Waals surface area contributed by atoms with Gasteiger partial charge in [-0.2, -0.15) is 0 Å². The second kappa shape index (κ2) is 8.99. The van der Waals surface area contributed by atoms with E-state index in [0.717, 1.165) is 19.6 Å². The van der Waals surface area contributed by atoms with Gasteiger partial charge in [0.1, 0.15) is 5.66 Å². The summed E-state index contributed by atoms with van der Waals surface area (Å²) in [5.41, 5.74) is 0.619. The molecule has 0 aliphatic carbocycles. The minimum atomic E-state index is -0.652. The standard InChI is InChI=1S/C24H34N4O3/c1-18(17-26-14-6-3-7-15-26)25-21(29)11-8-16-27-23(31)19-9-4-5-10-20(19)28-22(30)12-13-24(27,28)2/h4-5,9-10,18H,3,6-8,11-17H2,1-2H3,(H,25,29). The van der Waals surface area contributed by atoms with E-state index >= 15 is 0 Å². The molecule has 3 aliphatic heterocycles. The third-order valence-electron chi connectivity index (χ3n) is 6.92. The quantitative estimate of drug-likeness (QED) is 0.728. The van der Waals surface area contributed by atoms with Crippen molar-refractivity contribution >= 4 is 23.4 Å². The van der Waals surface area contributed by atoms with Gasteiger partial charge in [-0.1, -0.05) is 18.6 Å². The van der Waals surface area contributed by atoms with Gasteiger partial charge in [0.2, 0.25) is 11.8 Å². The Bertz CT molecular complexity index is 851. The Kier molecular flexibility index (Phi) is 6.32. The molecule has 2 fully saturated rings. The number of hydrogen-bond donors (Lipinski definition) is 1. The third kappa shape index (κ3) is 4.33. The summed E-state index contributed by atoms with van der Waals surface area (Å²) in [5, 5.41) is 3.11. The van der Waals surface area contributed by atoms with Crippen molar-refractivity contribution in [1.82, 2.24) is 15.1 Å².